The standard InChI is InChI=1S/C10H19NS.2C2H6/c1-6-7-10(8-11-3)9(2)12(4)5;2*1-2/h6-7,11H,4,8H2,1-3,5H3;2*1-2H3/b7-6-,10-9-;;. The van der Waals surface area contributed by atoms with Crippen molar-refractivity contribution in [2.24, 2.45) is 0 Å². The zero-order chi connectivity index (χ0) is 13.6. The molecule has 98 valence electrons. The predicted molar refractivity (Wildman–Crippen MR) is 84.8 cm³/mol. The quantitative estimate of drug-likeness (QED) is 0.570. The van der Waals surface area contributed by atoms with Crippen LogP contribution in [-0.4, -0.2) is 25.7 Å². The lowest BCUT2D eigenvalue weighted by atomic mass is 10.2. The molecule has 0 saturated carbocycles. The maximum Gasteiger partial charge on any atom is 0.0209 e. The van der Waals surface area contributed by atoms with E-state index in [-0.39, 0.29) is 10.5 Å². The molecule has 0 radical (unpaired) electrons. The van der Waals surface area contributed by atoms with E-state index >= 15 is 0 Å². The Bertz CT molecular complexity index is 215. The van der Waals surface area contributed by atoms with Gasteiger partial charge in [-0.05, 0) is 37.6 Å². The maximum atomic E-state index is 4.03. The molecule has 0 aromatic rings. The molecule has 1 unspecified atom stereocenters. The average molecular weight is 245 g/mol. The van der Waals surface area contributed by atoms with Gasteiger partial charge in [0.1, 0.15) is 0 Å². The van der Waals surface area contributed by atoms with E-state index < -0.39 is 0 Å². The van der Waals surface area contributed by atoms with Gasteiger partial charge in [-0.3, -0.25) is 0 Å². The zero-order valence-corrected chi connectivity index (χ0v) is 13.3. The van der Waals surface area contributed by atoms with E-state index in [9.17, 15) is 0 Å². The van der Waals surface area contributed by atoms with E-state index in [1.165, 1.54) is 10.5 Å². The van der Waals surface area contributed by atoms with Gasteiger partial charge in [0.2, 0.25) is 0 Å². The molecule has 0 spiro atoms. The molecule has 0 rings (SSSR count). The summed E-state index contributed by atoms with van der Waals surface area (Å²) in [6, 6.07) is 0. The van der Waals surface area contributed by atoms with Crippen LogP contribution in [0, 0.1) is 0 Å². The highest BCUT2D eigenvalue weighted by atomic mass is 32.2. The molecule has 0 amide bonds. The van der Waals surface area contributed by atoms with Gasteiger partial charge in [-0.25, -0.2) is 0 Å². The van der Waals surface area contributed by atoms with E-state index in [1.807, 2.05) is 41.7 Å². The molecule has 0 aliphatic carbocycles. The Morgan fingerprint density at radius 3 is 1.94 bits per heavy atom. The smallest absolute Gasteiger partial charge is 0.0209 e. The Labute approximate surface area is 106 Å². The number of likely N-dealkylation sites (N-methyl/N-ethyl adjacent to an activating group) is 1. The van der Waals surface area contributed by atoms with E-state index in [4.69, 9.17) is 0 Å². The van der Waals surface area contributed by atoms with Gasteiger partial charge in [-0.1, -0.05) is 45.7 Å². The molecule has 0 saturated heterocycles. The fourth-order valence-corrected chi connectivity index (χ4v) is 1.50. The monoisotopic (exact) mass is 245 g/mol. The summed E-state index contributed by atoms with van der Waals surface area (Å²) >= 11 is 0. The van der Waals surface area contributed by atoms with Crippen LogP contribution >= 0.6 is 10.5 Å². The summed E-state index contributed by atoms with van der Waals surface area (Å²) in [4.78, 5) is 1.39. The molecular formula is C14H31NS. The lowest BCUT2D eigenvalue weighted by Gasteiger charge is -2.08. The summed E-state index contributed by atoms with van der Waals surface area (Å²) in [6.45, 7) is 13.1. The first kappa shape index (κ1) is 21.0. The predicted octanol–water partition coefficient (Wildman–Crippen LogP) is 4.44. The second kappa shape index (κ2) is 17.1. The second-order valence-corrected chi connectivity index (χ2v) is 4.64. The maximum absolute atomic E-state index is 4.03. The third kappa shape index (κ3) is 11.7. The number of hydrogen-bond donors (Lipinski definition) is 1. The summed E-state index contributed by atoms with van der Waals surface area (Å²) in [7, 11) is 2.11. The van der Waals surface area contributed by atoms with Gasteiger partial charge in [-0.2, -0.15) is 10.5 Å². The fraction of sp³-hybridized carbons (Fsp3) is 0.643. The summed E-state index contributed by atoms with van der Waals surface area (Å²) in [5, 5.41) is 3.16. The largest absolute Gasteiger partial charge is 0.316 e. The Kier molecular flexibility index (Phi) is 22.4. The highest BCUT2D eigenvalue weighted by Crippen LogP contribution is 2.21. The van der Waals surface area contributed by atoms with Crippen molar-refractivity contribution in [3.05, 3.63) is 22.6 Å². The van der Waals surface area contributed by atoms with Crippen LogP contribution in [0.5, 0.6) is 0 Å². The molecule has 0 aliphatic heterocycles. The van der Waals surface area contributed by atoms with Gasteiger partial charge in [-0.15, -0.1) is 0 Å². The number of nitrogens with one attached hydrogen (secondary N) is 1. The minimum Gasteiger partial charge on any atom is -0.316 e. The molecule has 0 heterocycles. The van der Waals surface area contributed by atoms with E-state index in [1.54, 1.807) is 0 Å². The van der Waals surface area contributed by atoms with Crippen molar-refractivity contribution in [3.63, 3.8) is 0 Å². The summed E-state index contributed by atoms with van der Waals surface area (Å²) in [6.07, 6.45) is 6.37. The van der Waals surface area contributed by atoms with Crippen LogP contribution in [0.3, 0.4) is 0 Å². The topological polar surface area (TPSA) is 12.0 Å². The van der Waals surface area contributed by atoms with Crippen molar-refractivity contribution in [1.82, 2.24) is 5.32 Å². The van der Waals surface area contributed by atoms with Gasteiger partial charge < -0.3 is 5.32 Å². The minimum atomic E-state index is 0.145. The first-order chi connectivity index (χ1) is 7.63. The molecule has 0 aromatic heterocycles. The fourth-order valence-electron chi connectivity index (χ4n) is 0.916. The first-order valence-electron chi connectivity index (χ1n) is 6.06. The van der Waals surface area contributed by atoms with Crippen LogP contribution in [0.2, 0.25) is 0 Å². The van der Waals surface area contributed by atoms with Crippen molar-refractivity contribution >= 4 is 16.4 Å². The van der Waals surface area contributed by atoms with E-state index in [0.29, 0.717) is 0 Å². The van der Waals surface area contributed by atoms with E-state index in [2.05, 4.69) is 36.5 Å². The highest BCUT2D eigenvalue weighted by Gasteiger charge is 1.96. The van der Waals surface area contributed by atoms with Crippen molar-refractivity contribution in [1.29, 1.82) is 0 Å². The Morgan fingerprint density at radius 1 is 1.25 bits per heavy atom. The van der Waals surface area contributed by atoms with Gasteiger partial charge in [0.25, 0.3) is 0 Å². The zero-order valence-electron chi connectivity index (χ0n) is 12.5. The average Bonchev–Trinajstić information content (AvgIpc) is 2.33. The summed E-state index contributed by atoms with van der Waals surface area (Å²) in [5.41, 5.74) is 1.36. The van der Waals surface area contributed by atoms with Crippen molar-refractivity contribution in [2.45, 2.75) is 41.5 Å². The molecule has 2 heteroatoms. The summed E-state index contributed by atoms with van der Waals surface area (Å²) < 4.78 is 0. The van der Waals surface area contributed by atoms with Crippen molar-refractivity contribution in [3.8, 4) is 0 Å². The third-order valence-electron chi connectivity index (χ3n) is 1.71. The minimum absolute atomic E-state index is 0.145. The molecule has 0 aliphatic rings. The van der Waals surface area contributed by atoms with Gasteiger partial charge in [0.15, 0.2) is 0 Å². The van der Waals surface area contributed by atoms with Crippen LogP contribution < -0.4 is 5.32 Å². The van der Waals surface area contributed by atoms with Crippen LogP contribution in [0.25, 0.3) is 0 Å². The molecule has 16 heavy (non-hydrogen) atoms. The molecule has 0 fully saturated rings. The molecule has 0 bridgehead atoms. The highest BCUT2D eigenvalue weighted by molar-refractivity contribution is 8.16. The Balaban J connectivity index is -0.000000376. The molecule has 1 nitrogen and oxygen atoms in total. The van der Waals surface area contributed by atoms with Crippen LogP contribution in [0.4, 0.5) is 0 Å². The van der Waals surface area contributed by atoms with Gasteiger partial charge in [0.05, 0.1) is 0 Å². The Morgan fingerprint density at radius 2 is 1.69 bits per heavy atom. The lowest BCUT2D eigenvalue weighted by Crippen LogP contribution is -2.10. The normalized spacial score (nSPS) is 13.0. The number of rotatable bonds is 4. The van der Waals surface area contributed by atoms with Crippen LogP contribution in [-0.2, 0) is 0 Å². The molecule has 0 aromatic carbocycles. The summed E-state index contributed by atoms with van der Waals surface area (Å²) in [5.74, 6) is 4.03. The molecule has 1 atom stereocenters. The number of allylic oxidation sites excluding steroid dienone is 2. The van der Waals surface area contributed by atoms with Crippen molar-refractivity contribution in [2.75, 3.05) is 19.8 Å². The van der Waals surface area contributed by atoms with Gasteiger partial charge in [0, 0.05) is 6.54 Å². The van der Waals surface area contributed by atoms with Crippen LogP contribution in [0.15, 0.2) is 22.6 Å². The Hall–Kier alpha value is -0.340. The third-order valence-corrected chi connectivity index (χ3v) is 3.02. The van der Waals surface area contributed by atoms with E-state index in [0.717, 1.165) is 6.54 Å². The van der Waals surface area contributed by atoms with Gasteiger partial charge >= 0.3 is 0 Å². The molecular weight excluding hydrogens is 214 g/mol. The SMILES string of the molecule is C=S(C)/C(C)=C(/C=C\C)CNC.CC.CC. The second-order valence-electron chi connectivity index (χ2n) is 2.75. The lowest BCUT2D eigenvalue weighted by molar-refractivity contribution is 0.892. The van der Waals surface area contributed by atoms with Crippen molar-refractivity contribution < 1.29 is 0 Å². The first-order valence-corrected chi connectivity index (χ1v) is 7.86. The number of hydrogen-bond acceptors (Lipinski definition) is 1. The molecule has 1 N–H and O–H groups in total. The van der Waals surface area contributed by atoms with Crippen LogP contribution in [0.1, 0.15) is 41.5 Å².